The van der Waals surface area contributed by atoms with Crippen LogP contribution >= 0.6 is 0 Å². The van der Waals surface area contributed by atoms with E-state index in [1.807, 2.05) is 0 Å². The first-order valence-corrected chi connectivity index (χ1v) is 25.5. The van der Waals surface area contributed by atoms with Crippen molar-refractivity contribution in [3.8, 4) is 11.5 Å². The van der Waals surface area contributed by atoms with Crippen molar-refractivity contribution in [2.75, 3.05) is 0 Å². The molecule has 0 bridgehead atoms. The number of benzene rings is 2. The number of nitrogens with two attached hydrogens (primary N) is 2. The molecule has 2 aromatic carbocycles. The Bertz CT molecular complexity index is 2490. The van der Waals surface area contributed by atoms with Crippen LogP contribution in [0.15, 0.2) is 48.5 Å². The van der Waals surface area contributed by atoms with E-state index in [2.05, 4.69) is 42.5 Å². The second-order valence-electron chi connectivity index (χ2n) is 20.5. The van der Waals surface area contributed by atoms with E-state index in [-0.39, 0.29) is 42.6 Å². The Morgan fingerprint density at radius 1 is 0.430 bits per heavy atom. The van der Waals surface area contributed by atoms with Gasteiger partial charge in [-0.25, -0.2) is 4.79 Å². The average molecular weight is 1110 g/mol. The van der Waals surface area contributed by atoms with E-state index in [1.54, 1.807) is 27.7 Å². The molecule has 0 saturated carbocycles. The number of nitrogens with one attached hydrogen (secondary N) is 8. The number of hydrogen-bond donors (Lipinski definition) is 15. The molecule has 0 fully saturated rings. The lowest BCUT2D eigenvalue weighted by atomic mass is 9.99. The zero-order chi connectivity index (χ0) is 60.0. The van der Waals surface area contributed by atoms with Crippen molar-refractivity contribution in [2.45, 2.75) is 155 Å². The second-order valence-corrected chi connectivity index (χ2v) is 20.5. The van der Waals surface area contributed by atoms with Gasteiger partial charge in [0.25, 0.3) is 0 Å². The Hall–Kier alpha value is -8.36. The molecule has 436 valence electrons. The van der Waals surface area contributed by atoms with E-state index in [0.29, 0.717) is 11.1 Å². The third kappa shape index (κ3) is 23.4. The van der Waals surface area contributed by atoms with Gasteiger partial charge in [-0.1, -0.05) is 79.7 Å². The van der Waals surface area contributed by atoms with Crippen molar-refractivity contribution < 1.29 is 83.1 Å². The minimum atomic E-state index is -2.03. The highest BCUT2D eigenvalue weighted by molar-refractivity contribution is 5.99. The number of aliphatic carboxylic acids is 3. The summed E-state index contributed by atoms with van der Waals surface area (Å²) in [6.45, 7) is 12.8. The van der Waals surface area contributed by atoms with E-state index >= 15 is 0 Å². The maximum Gasteiger partial charge on any atom is 0.326 e. The number of amides is 9. The Kier molecular flexibility index (Phi) is 26.8. The van der Waals surface area contributed by atoms with E-state index < -0.39 is 163 Å². The molecule has 0 aliphatic carbocycles. The van der Waals surface area contributed by atoms with Crippen LogP contribution in [0, 0.1) is 23.7 Å². The quantitative estimate of drug-likeness (QED) is 0.0383. The SMILES string of the molecule is CC(C)C[C@H](NC(=O)[C@@H](N)C(C)C)C(=O)N[C@@H](Cc1ccc(O)cc1)C(=O)N[C@@H](CCC(N)=O)C(=O)N[C@@H](Cc1ccc(O)cc1)C(=O)N[C@H](C(=O)N[C@@H](CC(=O)O)C(=O)N[C@@H](CC(=O)O)C(=O)N[C@H](C(=O)O)C(C)C)C(C)C. The van der Waals surface area contributed by atoms with Gasteiger partial charge >= 0.3 is 17.9 Å². The van der Waals surface area contributed by atoms with Crippen molar-refractivity contribution in [1.29, 1.82) is 0 Å². The molecule has 0 aliphatic heterocycles. The van der Waals surface area contributed by atoms with Crippen LogP contribution in [0.25, 0.3) is 0 Å². The third-order valence-corrected chi connectivity index (χ3v) is 12.2. The molecule has 2 aromatic rings. The first-order valence-electron chi connectivity index (χ1n) is 25.5. The lowest BCUT2D eigenvalue weighted by Gasteiger charge is -2.29. The van der Waals surface area contributed by atoms with Gasteiger partial charge in [0.15, 0.2) is 0 Å². The largest absolute Gasteiger partial charge is 0.508 e. The number of hydrogen-bond acceptors (Lipinski definition) is 15. The number of phenolic OH excluding ortho intramolecular Hbond substituents is 2. The lowest BCUT2D eigenvalue weighted by Crippen LogP contribution is -2.61. The number of carbonyl (C=O) groups excluding carboxylic acids is 9. The maximum absolute atomic E-state index is 14.4. The number of phenols is 2. The summed E-state index contributed by atoms with van der Waals surface area (Å²) >= 11 is 0. The fourth-order valence-electron chi connectivity index (χ4n) is 7.66. The smallest absolute Gasteiger partial charge is 0.326 e. The highest BCUT2D eigenvalue weighted by Gasteiger charge is 2.37. The molecule has 0 radical (unpaired) electrons. The van der Waals surface area contributed by atoms with Crippen molar-refractivity contribution in [3.05, 3.63) is 59.7 Å². The van der Waals surface area contributed by atoms with Gasteiger partial charge in [0, 0.05) is 19.3 Å². The lowest BCUT2D eigenvalue weighted by molar-refractivity contribution is -0.145. The minimum Gasteiger partial charge on any atom is -0.508 e. The van der Waals surface area contributed by atoms with Gasteiger partial charge in [0.2, 0.25) is 53.2 Å². The zero-order valence-corrected chi connectivity index (χ0v) is 45.4. The number of rotatable bonds is 33. The number of carboxylic acid groups (broad SMARTS) is 3. The molecule has 17 N–H and O–H groups in total. The van der Waals surface area contributed by atoms with Crippen LogP contribution in [0.3, 0.4) is 0 Å². The first kappa shape index (κ1) is 66.8. The van der Waals surface area contributed by atoms with E-state index in [9.17, 15) is 83.1 Å². The summed E-state index contributed by atoms with van der Waals surface area (Å²) in [6.07, 6.45) is -3.67. The van der Waals surface area contributed by atoms with Crippen molar-refractivity contribution in [3.63, 3.8) is 0 Å². The van der Waals surface area contributed by atoms with Crippen LogP contribution in [-0.2, 0) is 70.4 Å². The summed E-state index contributed by atoms with van der Waals surface area (Å²) in [7, 11) is 0. The molecule has 0 saturated heterocycles. The van der Waals surface area contributed by atoms with Crippen molar-refractivity contribution in [1.82, 2.24) is 42.5 Å². The molecule has 0 heterocycles. The molecule has 2 rings (SSSR count). The number of carbonyl (C=O) groups is 12. The van der Waals surface area contributed by atoms with Crippen LogP contribution in [-0.4, -0.2) is 151 Å². The zero-order valence-electron chi connectivity index (χ0n) is 45.4. The fraction of sp³-hybridized carbons (Fsp3) is 0.538. The second kappa shape index (κ2) is 31.8. The van der Waals surface area contributed by atoms with Gasteiger partial charge in [-0.3, -0.25) is 52.7 Å². The molecule has 0 aromatic heterocycles. The molecular weight excluding hydrogens is 1040 g/mol. The van der Waals surface area contributed by atoms with Crippen LogP contribution < -0.4 is 54.0 Å². The summed E-state index contributed by atoms with van der Waals surface area (Å²) in [6, 6.07) is -3.15. The molecule has 9 amide bonds. The van der Waals surface area contributed by atoms with Crippen molar-refractivity contribution >= 4 is 71.1 Å². The molecule has 0 spiro atoms. The average Bonchev–Trinajstić information content (AvgIpc) is 3.34. The third-order valence-electron chi connectivity index (χ3n) is 12.2. The highest BCUT2D eigenvalue weighted by Crippen LogP contribution is 2.16. The summed E-state index contributed by atoms with van der Waals surface area (Å²) in [5.41, 5.74) is 12.3. The Balaban J connectivity index is 2.58. The van der Waals surface area contributed by atoms with Crippen molar-refractivity contribution in [2.24, 2.45) is 35.1 Å². The van der Waals surface area contributed by atoms with Crippen LogP contribution in [0.5, 0.6) is 11.5 Å². The van der Waals surface area contributed by atoms with Gasteiger partial charge in [-0.05, 0) is 71.9 Å². The van der Waals surface area contributed by atoms with Crippen LogP contribution in [0.4, 0.5) is 0 Å². The maximum atomic E-state index is 14.4. The molecule has 0 unspecified atom stereocenters. The predicted octanol–water partition coefficient (Wildman–Crippen LogP) is -1.60. The monoisotopic (exact) mass is 1110 g/mol. The molecule has 0 aliphatic rings. The molecule has 9 atom stereocenters. The minimum absolute atomic E-state index is 0.110. The molecule has 27 heteroatoms. The van der Waals surface area contributed by atoms with Crippen LogP contribution in [0.1, 0.15) is 98.6 Å². The molecular formula is C52H76N10O17. The van der Waals surface area contributed by atoms with Gasteiger partial charge in [0.1, 0.15) is 59.8 Å². The molecule has 79 heavy (non-hydrogen) atoms. The Labute approximate surface area is 456 Å². The first-order chi connectivity index (χ1) is 36.8. The fourth-order valence-corrected chi connectivity index (χ4v) is 7.66. The van der Waals surface area contributed by atoms with Gasteiger partial charge in [0.05, 0.1) is 18.9 Å². The Morgan fingerprint density at radius 3 is 1.16 bits per heavy atom. The van der Waals surface area contributed by atoms with Gasteiger partial charge < -0.3 is 79.5 Å². The predicted molar refractivity (Wildman–Crippen MR) is 282 cm³/mol. The number of carboxylic acids is 3. The highest BCUT2D eigenvalue weighted by atomic mass is 16.4. The van der Waals surface area contributed by atoms with E-state index in [0.717, 1.165) is 0 Å². The van der Waals surface area contributed by atoms with E-state index in [1.165, 1.54) is 76.2 Å². The summed E-state index contributed by atoms with van der Waals surface area (Å²) < 4.78 is 0. The summed E-state index contributed by atoms with van der Waals surface area (Å²) in [5.74, 6) is -16.2. The number of aromatic hydroxyl groups is 2. The van der Waals surface area contributed by atoms with E-state index in [4.69, 9.17) is 11.5 Å². The van der Waals surface area contributed by atoms with Gasteiger partial charge in [-0.2, -0.15) is 0 Å². The summed E-state index contributed by atoms with van der Waals surface area (Å²) in [4.78, 5) is 159. The Morgan fingerprint density at radius 2 is 0.772 bits per heavy atom. The topological polar surface area (TPSA) is 454 Å². The standard InChI is InChI=1S/C52H76N10O17/c1-24(2)19-33(59-50(76)41(54)25(3)4)45(71)57-34(20-28-9-13-30(63)14-10-28)46(72)55-32(17-18-38(53)65)44(70)56-35(21-29-11-15-31(64)16-12-29)48(74)61-42(26(5)6)51(77)60-36(22-39(66)67)47(73)58-37(23-40(68)69)49(75)62-43(27(7)8)52(78)79/h9-16,24-27,32-37,41-43,63-64H,17-23,54H2,1-8H3,(H2,53,65)(H,55,72)(H,56,70)(H,57,71)(H,58,73)(H,59,76)(H,60,77)(H,61,74)(H,62,75)(H,66,67)(H,68,69)(H,78,79)/t32-,33-,34-,35-,36-,37-,41-,42-,43-/m0/s1. The van der Waals surface area contributed by atoms with Gasteiger partial charge in [-0.15, -0.1) is 0 Å². The normalized spacial score (nSPS) is 14.6. The molecule has 27 nitrogen and oxygen atoms in total. The summed E-state index contributed by atoms with van der Waals surface area (Å²) in [5, 5.41) is 67.9. The van der Waals surface area contributed by atoms with Crippen LogP contribution in [0.2, 0.25) is 0 Å². The number of primary amides is 1.